The van der Waals surface area contributed by atoms with Gasteiger partial charge in [-0.25, -0.2) is 0 Å². The number of rotatable bonds is 6. The predicted octanol–water partition coefficient (Wildman–Crippen LogP) is 1.35. The third-order valence-corrected chi connectivity index (χ3v) is 2.50. The molecule has 0 saturated carbocycles. The normalized spacial score (nSPS) is 12.2. The van der Waals surface area contributed by atoms with E-state index >= 15 is 0 Å². The number of nitrogens with one attached hydrogen (secondary N) is 1. The topological polar surface area (TPSA) is 58.6 Å². The van der Waals surface area contributed by atoms with Gasteiger partial charge in [0, 0.05) is 11.1 Å². The number of ether oxygens (including phenoxy) is 1. The van der Waals surface area contributed by atoms with Crippen LogP contribution in [0.15, 0.2) is 24.3 Å². The van der Waals surface area contributed by atoms with Gasteiger partial charge in [-0.3, -0.25) is 4.79 Å². The highest BCUT2D eigenvalue weighted by Gasteiger charge is 2.06. The van der Waals surface area contributed by atoms with Gasteiger partial charge < -0.3 is 15.2 Å². The van der Waals surface area contributed by atoms with E-state index in [1.165, 1.54) is 0 Å². The smallest absolute Gasteiger partial charge is 0.246 e. The van der Waals surface area contributed by atoms with E-state index in [-0.39, 0.29) is 25.2 Å². The van der Waals surface area contributed by atoms with Crippen molar-refractivity contribution < 1.29 is 14.6 Å². The zero-order valence-corrected chi connectivity index (χ0v) is 10.4. The van der Waals surface area contributed by atoms with Crippen molar-refractivity contribution in [2.75, 3.05) is 13.2 Å². The minimum atomic E-state index is -0.258. The maximum atomic E-state index is 11.3. The molecule has 0 radical (unpaired) electrons. The number of aliphatic hydroxyl groups is 1. The first kappa shape index (κ1) is 14.0. The lowest BCUT2D eigenvalue weighted by molar-refractivity contribution is -0.127. The van der Waals surface area contributed by atoms with Gasteiger partial charge in [0.15, 0.2) is 0 Å². The second-order valence-electron chi connectivity index (χ2n) is 3.74. The summed E-state index contributed by atoms with van der Waals surface area (Å²) in [6.07, 6.45) is 0. The van der Waals surface area contributed by atoms with E-state index in [0.29, 0.717) is 11.6 Å². The largest absolute Gasteiger partial charge is 0.394 e. The van der Waals surface area contributed by atoms with Crippen molar-refractivity contribution in [3.05, 3.63) is 34.9 Å². The predicted molar refractivity (Wildman–Crippen MR) is 65.8 cm³/mol. The summed E-state index contributed by atoms with van der Waals surface area (Å²) < 4.78 is 5.23. The number of hydrogen-bond acceptors (Lipinski definition) is 3. The Morgan fingerprint density at radius 1 is 1.53 bits per heavy atom. The Hall–Kier alpha value is -1.10. The molecule has 1 aromatic rings. The van der Waals surface area contributed by atoms with Crippen LogP contribution in [-0.4, -0.2) is 30.3 Å². The summed E-state index contributed by atoms with van der Waals surface area (Å²) in [6, 6.07) is 7.05. The average molecular weight is 258 g/mol. The second-order valence-corrected chi connectivity index (χ2v) is 4.14. The van der Waals surface area contributed by atoms with Crippen LogP contribution < -0.4 is 5.32 Å². The zero-order chi connectivity index (χ0) is 12.7. The Morgan fingerprint density at radius 2 is 2.24 bits per heavy atom. The van der Waals surface area contributed by atoms with E-state index < -0.39 is 0 Å². The molecule has 0 saturated heterocycles. The molecule has 1 amide bonds. The molecule has 0 aliphatic rings. The highest BCUT2D eigenvalue weighted by molar-refractivity contribution is 6.31. The number of benzene rings is 1. The van der Waals surface area contributed by atoms with E-state index in [2.05, 4.69) is 5.32 Å². The quantitative estimate of drug-likeness (QED) is 0.809. The standard InChI is InChI=1S/C12H16ClNO3/c1-9(6-15)14-12(16)8-17-7-10-4-2-3-5-11(10)13/h2-5,9,15H,6-8H2,1H3,(H,14,16). The summed E-state index contributed by atoms with van der Waals surface area (Å²) in [7, 11) is 0. The van der Waals surface area contributed by atoms with Crippen molar-refractivity contribution in [3.8, 4) is 0 Å². The van der Waals surface area contributed by atoms with Crippen LogP contribution in [0, 0.1) is 0 Å². The molecule has 0 aliphatic carbocycles. The molecule has 94 valence electrons. The molecule has 0 fully saturated rings. The minimum Gasteiger partial charge on any atom is -0.394 e. The maximum absolute atomic E-state index is 11.3. The number of aliphatic hydroxyl groups excluding tert-OH is 1. The number of hydrogen-bond donors (Lipinski definition) is 2. The van der Waals surface area contributed by atoms with Gasteiger partial charge in [0.2, 0.25) is 5.91 Å². The fourth-order valence-electron chi connectivity index (χ4n) is 1.23. The molecule has 2 N–H and O–H groups in total. The Labute approximate surface area is 106 Å². The van der Waals surface area contributed by atoms with Crippen molar-refractivity contribution in [2.45, 2.75) is 19.6 Å². The first-order valence-corrected chi connectivity index (χ1v) is 5.72. The van der Waals surface area contributed by atoms with E-state index in [0.717, 1.165) is 5.56 Å². The molecule has 0 aromatic heterocycles. The van der Waals surface area contributed by atoms with E-state index in [1.807, 2.05) is 18.2 Å². The molecule has 0 bridgehead atoms. The molecule has 1 aromatic carbocycles. The summed E-state index contributed by atoms with van der Waals surface area (Å²) >= 11 is 5.93. The first-order valence-electron chi connectivity index (χ1n) is 5.35. The van der Waals surface area contributed by atoms with Crippen LogP contribution in [0.3, 0.4) is 0 Å². The third-order valence-electron chi connectivity index (χ3n) is 2.13. The van der Waals surface area contributed by atoms with Crippen molar-refractivity contribution in [1.82, 2.24) is 5.32 Å². The van der Waals surface area contributed by atoms with E-state index in [9.17, 15) is 4.79 Å². The maximum Gasteiger partial charge on any atom is 0.246 e. The van der Waals surface area contributed by atoms with Gasteiger partial charge in [-0.15, -0.1) is 0 Å². The van der Waals surface area contributed by atoms with Crippen LogP contribution in [-0.2, 0) is 16.1 Å². The minimum absolute atomic E-state index is 0.0461. The van der Waals surface area contributed by atoms with Crippen molar-refractivity contribution in [3.63, 3.8) is 0 Å². The Bertz CT molecular complexity index is 371. The lowest BCUT2D eigenvalue weighted by Crippen LogP contribution is -2.37. The van der Waals surface area contributed by atoms with Crippen molar-refractivity contribution in [2.24, 2.45) is 0 Å². The van der Waals surface area contributed by atoms with Crippen LogP contribution in [0.1, 0.15) is 12.5 Å². The lowest BCUT2D eigenvalue weighted by atomic mass is 10.2. The highest BCUT2D eigenvalue weighted by Crippen LogP contribution is 2.15. The van der Waals surface area contributed by atoms with E-state index in [4.69, 9.17) is 21.4 Å². The fraction of sp³-hybridized carbons (Fsp3) is 0.417. The molecule has 0 aliphatic heterocycles. The van der Waals surface area contributed by atoms with Gasteiger partial charge in [-0.05, 0) is 18.6 Å². The second kappa shape index (κ2) is 7.27. The van der Waals surface area contributed by atoms with Gasteiger partial charge in [0.1, 0.15) is 6.61 Å². The van der Waals surface area contributed by atoms with Gasteiger partial charge in [-0.1, -0.05) is 29.8 Å². The highest BCUT2D eigenvalue weighted by atomic mass is 35.5. The number of halogens is 1. The molecule has 1 unspecified atom stereocenters. The summed E-state index contributed by atoms with van der Waals surface area (Å²) in [6.45, 7) is 1.87. The lowest BCUT2D eigenvalue weighted by Gasteiger charge is -2.11. The van der Waals surface area contributed by atoms with Gasteiger partial charge in [0.05, 0.1) is 13.2 Å². The van der Waals surface area contributed by atoms with Gasteiger partial charge >= 0.3 is 0 Å². The summed E-state index contributed by atoms with van der Waals surface area (Å²) in [5, 5.41) is 12.0. The van der Waals surface area contributed by atoms with Crippen LogP contribution in [0.2, 0.25) is 5.02 Å². The molecule has 17 heavy (non-hydrogen) atoms. The molecule has 0 heterocycles. The van der Waals surface area contributed by atoms with Crippen LogP contribution >= 0.6 is 11.6 Å². The summed E-state index contributed by atoms with van der Waals surface area (Å²) in [5.41, 5.74) is 0.845. The summed E-state index contributed by atoms with van der Waals surface area (Å²) in [4.78, 5) is 11.3. The van der Waals surface area contributed by atoms with Gasteiger partial charge in [0.25, 0.3) is 0 Å². The van der Waals surface area contributed by atoms with Gasteiger partial charge in [-0.2, -0.15) is 0 Å². The number of amides is 1. The molecular weight excluding hydrogens is 242 g/mol. The average Bonchev–Trinajstić information content (AvgIpc) is 2.31. The monoisotopic (exact) mass is 257 g/mol. The molecule has 5 heteroatoms. The molecule has 0 spiro atoms. The van der Waals surface area contributed by atoms with Crippen LogP contribution in [0.25, 0.3) is 0 Å². The number of carbonyl (C=O) groups excluding carboxylic acids is 1. The molecule has 1 atom stereocenters. The fourth-order valence-corrected chi connectivity index (χ4v) is 1.42. The SMILES string of the molecule is CC(CO)NC(=O)COCc1ccccc1Cl. The van der Waals surface area contributed by atoms with Crippen molar-refractivity contribution in [1.29, 1.82) is 0 Å². The Kier molecular flexibility index (Phi) is 5.97. The summed E-state index contributed by atoms with van der Waals surface area (Å²) in [5.74, 6) is -0.251. The van der Waals surface area contributed by atoms with E-state index in [1.54, 1.807) is 13.0 Å². The van der Waals surface area contributed by atoms with Crippen LogP contribution in [0.5, 0.6) is 0 Å². The third kappa shape index (κ3) is 5.17. The van der Waals surface area contributed by atoms with Crippen molar-refractivity contribution >= 4 is 17.5 Å². The number of carbonyl (C=O) groups is 1. The molecule has 1 rings (SSSR count). The Balaban J connectivity index is 2.29. The Morgan fingerprint density at radius 3 is 2.88 bits per heavy atom. The zero-order valence-electron chi connectivity index (χ0n) is 9.65. The van der Waals surface area contributed by atoms with Crippen LogP contribution in [0.4, 0.5) is 0 Å². The molecular formula is C12H16ClNO3. The molecule has 4 nitrogen and oxygen atoms in total. The first-order chi connectivity index (χ1) is 8.13.